The van der Waals surface area contributed by atoms with Crippen LogP contribution in [0.2, 0.25) is 0 Å². The first-order chi connectivity index (χ1) is 8.03. The Hall–Kier alpha value is -0.770. The molecule has 0 aromatic heterocycles. The quantitative estimate of drug-likeness (QED) is 0.696. The predicted octanol–water partition coefficient (Wildman–Crippen LogP) is 1.47. The minimum atomic E-state index is -0.0291. The van der Waals surface area contributed by atoms with E-state index in [1.54, 1.807) is 0 Å². The SMILES string of the molecule is CC(C)C(C)NC(=O)NCC12CC1CCCN2. The molecule has 0 bridgehead atoms. The lowest BCUT2D eigenvalue weighted by Gasteiger charge is -2.25. The van der Waals surface area contributed by atoms with Crippen LogP contribution in [0.1, 0.15) is 40.0 Å². The second-order valence-corrected chi connectivity index (χ2v) is 5.99. The van der Waals surface area contributed by atoms with Gasteiger partial charge in [-0.05, 0) is 44.6 Å². The Balaban J connectivity index is 1.70. The van der Waals surface area contributed by atoms with Gasteiger partial charge in [0.05, 0.1) is 0 Å². The first-order valence-electron chi connectivity index (χ1n) is 6.83. The maximum atomic E-state index is 11.7. The van der Waals surface area contributed by atoms with Crippen LogP contribution in [0.15, 0.2) is 0 Å². The molecule has 1 heterocycles. The Labute approximate surface area is 104 Å². The molecule has 0 spiro atoms. The van der Waals surface area contributed by atoms with Crippen molar-refractivity contribution in [1.29, 1.82) is 0 Å². The number of carbonyl (C=O) groups excluding carboxylic acids is 1. The van der Waals surface area contributed by atoms with Crippen molar-refractivity contribution in [2.45, 2.75) is 51.6 Å². The van der Waals surface area contributed by atoms with Crippen LogP contribution in [0.3, 0.4) is 0 Å². The molecule has 0 radical (unpaired) electrons. The van der Waals surface area contributed by atoms with Crippen molar-refractivity contribution in [2.75, 3.05) is 13.1 Å². The van der Waals surface area contributed by atoms with Crippen molar-refractivity contribution in [1.82, 2.24) is 16.0 Å². The normalized spacial score (nSPS) is 32.8. The van der Waals surface area contributed by atoms with Crippen LogP contribution in [-0.4, -0.2) is 30.7 Å². The summed E-state index contributed by atoms with van der Waals surface area (Å²) in [7, 11) is 0. The van der Waals surface area contributed by atoms with Crippen LogP contribution < -0.4 is 16.0 Å². The molecule has 1 aliphatic carbocycles. The Bertz CT molecular complexity index is 292. The first kappa shape index (κ1) is 12.7. The van der Waals surface area contributed by atoms with E-state index in [2.05, 4.69) is 29.8 Å². The van der Waals surface area contributed by atoms with E-state index in [9.17, 15) is 4.79 Å². The fraction of sp³-hybridized carbons (Fsp3) is 0.923. The molecule has 98 valence electrons. The van der Waals surface area contributed by atoms with Gasteiger partial charge in [0.25, 0.3) is 0 Å². The molecule has 3 unspecified atom stereocenters. The van der Waals surface area contributed by atoms with Crippen molar-refractivity contribution in [3.8, 4) is 0 Å². The summed E-state index contributed by atoms with van der Waals surface area (Å²) in [6, 6.07) is 0.195. The van der Waals surface area contributed by atoms with Gasteiger partial charge in [-0.25, -0.2) is 4.79 Å². The Morgan fingerprint density at radius 3 is 2.88 bits per heavy atom. The smallest absolute Gasteiger partial charge is 0.315 e. The third-order valence-corrected chi connectivity index (χ3v) is 4.36. The van der Waals surface area contributed by atoms with Crippen LogP contribution in [0.25, 0.3) is 0 Å². The predicted molar refractivity (Wildman–Crippen MR) is 68.9 cm³/mol. The van der Waals surface area contributed by atoms with E-state index in [1.807, 2.05) is 6.92 Å². The second kappa shape index (κ2) is 4.84. The summed E-state index contributed by atoms with van der Waals surface area (Å²) in [5.74, 6) is 1.26. The Morgan fingerprint density at radius 2 is 2.24 bits per heavy atom. The summed E-state index contributed by atoms with van der Waals surface area (Å²) in [4.78, 5) is 11.7. The van der Waals surface area contributed by atoms with Gasteiger partial charge >= 0.3 is 6.03 Å². The highest BCUT2D eigenvalue weighted by Gasteiger charge is 2.54. The summed E-state index contributed by atoms with van der Waals surface area (Å²) in [6.07, 6.45) is 3.83. The number of rotatable bonds is 4. The number of amides is 2. The largest absolute Gasteiger partial charge is 0.336 e. The molecule has 1 aliphatic heterocycles. The zero-order chi connectivity index (χ0) is 12.5. The van der Waals surface area contributed by atoms with Gasteiger partial charge in [0.2, 0.25) is 0 Å². The zero-order valence-electron chi connectivity index (χ0n) is 11.2. The molecule has 0 aromatic rings. The van der Waals surface area contributed by atoms with Gasteiger partial charge in [0, 0.05) is 18.1 Å². The maximum absolute atomic E-state index is 11.7. The highest BCUT2D eigenvalue weighted by Crippen LogP contribution is 2.48. The van der Waals surface area contributed by atoms with E-state index in [4.69, 9.17) is 0 Å². The van der Waals surface area contributed by atoms with Gasteiger partial charge in [-0.3, -0.25) is 0 Å². The number of hydrogen-bond donors (Lipinski definition) is 3. The fourth-order valence-corrected chi connectivity index (χ4v) is 2.60. The summed E-state index contributed by atoms with van der Waals surface area (Å²) >= 11 is 0. The molecule has 4 heteroatoms. The van der Waals surface area contributed by atoms with E-state index in [0.29, 0.717) is 5.92 Å². The Morgan fingerprint density at radius 1 is 1.47 bits per heavy atom. The monoisotopic (exact) mass is 239 g/mol. The lowest BCUT2D eigenvalue weighted by Crippen LogP contribution is -2.50. The van der Waals surface area contributed by atoms with Gasteiger partial charge in [-0.2, -0.15) is 0 Å². The van der Waals surface area contributed by atoms with E-state index < -0.39 is 0 Å². The molecule has 0 aromatic carbocycles. The van der Waals surface area contributed by atoms with E-state index in [0.717, 1.165) is 19.0 Å². The molecule has 3 atom stereocenters. The van der Waals surface area contributed by atoms with Crippen LogP contribution in [-0.2, 0) is 0 Å². The molecule has 2 amide bonds. The lowest BCUT2D eigenvalue weighted by molar-refractivity contribution is 0.231. The fourth-order valence-electron chi connectivity index (χ4n) is 2.60. The number of piperidine rings is 1. The number of fused-ring (bicyclic) bond motifs is 1. The Kier molecular flexibility index (Phi) is 3.61. The van der Waals surface area contributed by atoms with Gasteiger partial charge in [-0.15, -0.1) is 0 Å². The maximum Gasteiger partial charge on any atom is 0.315 e. The molecule has 2 aliphatic rings. The summed E-state index contributed by atoms with van der Waals surface area (Å²) in [6.45, 7) is 8.14. The zero-order valence-corrected chi connectivity index (χ0v) is 11.2. The van der Waals surface area contributed by atoms with Gasteiger partial charge in [0.1, 0.15) is 0 Å². The number of hydrogen-bond acceptors (Lipinski definition) is 2. The third kappa shape index (κ3) is 2.92. The van der Waals surface area contributed by atoms with Crippen molar-refractivity contribution in [3.63, 3.8) is 0 Å². The minimum Gasteiger partial charge on any atom is -0.336 e. The topological polar surface area (TPSA) is 53.2 Å². The van der Waals surface area contributed by atoms with E-state index >= 15 is 0 Å². The van der Waals surface area contributed by atoms with Crippen LogP contribution in [0.4, 0.5) is 4.79 Å². The summed E-state index contributed by atoms with van der Waals surface area (Å²) in [5.41, 5.74) is 0.233. The molecule has 2 fully saturated rings. The van der Waals surface area contributed by atoms with Crippen LogP contribution in [0, 0.1) is 11.8 Å². The minimum absolute atomic E-state index is 0.0291. The van der Waals surface area contributed by atoms with Gasteiger partial charge < -0.3 is 16.0 Å². The molecule has 17 heavy (non-hydrogen) atoms. The molecule has 1 saturated carbocycles. The van der Waals surface area contributed by atoms with Crippen molar-refractivity contribution < 1.29 is 4.79 Å². The molecular formula is C13H25N3O. The van der Waals surface area contributed by atoms with E-state index in [-0.39, 0.29) is 17.6 Å². The van der Waals surface area contributed by atoms with Gasteiger partial charge in [0.15, 0.2) is 0 Å². The molecule has 2 rings (SSSR count). The first-order valence-corrected chi connectivity index (χ1v) is 6.83. The summed E-state index contributed by atoms with van der Waals surface area (Å²) < 4.78 is 0. The number of urea groups is 1. The lowest BCUT2D eigenvalue weighted by atomic mass is 10.1. The molecular weight excluding hydrogens is 214 g/mol. The highest BCUT2D eigenvalue weighted by molar-refractivity contribution is 5.74. The summed E-state index contributed by atoms with van der Waals surface area (Å²) in [5, 5.41) is 9.54. The van der Waals surface area contributed by atoms with Crippen LogP contribution >= 0.6 is 0 Å². The van der Waals surface area contributed by atoms with Crippen molar-refractivity contribution in [2.24, 2.45) is 11.8 Å². The molecule has 4 nitrogen and oxygen atoms in total. The third-order valence-electron chi connectivity index (χ3n) is 4.36. The van der Waals surface area contributed by atoms with Crippen molar-refractivity contribution in [3.05, 3.63) is 0 Å². The van der Waals surface area contributed by atoms with Gasteiger partial charge in [-0.1, -0.05) is 13.8 Å². The average molecular weight is 239 g/mol. The highest BCUT2D eigenvalue weighted by atomic mass is 16.2. The molecule has 1 saturated heterocycles. The average Bonchev–Trinajstić information content (AvgIpc) is 3.01. The van der Waals surface area contributed by atoms with E-state index in [1.165, 1.54) is 19.3 Å². The second-order valence-electron chi connectivity index (χ2n) is 5.99. The number of nitrogens with one attached hydrogen (secondary N) is 3. The number of carbonyl (C=O) groups is 1. The van der Waals surface area contributed by atoms with Crippen LogP contribution in [0.5, 0.6) is 0 Å². The molecule has 3 N–H and O–H groups in total. The van der Waals surface area contributed by atoms with Crippen molar-refractivity contribution >= 4 is 6.03 Å². The standard InChI is InChI=1S/C13H25N3O/c1-9(2)10(3)16-12(17)14-8-13-7-11(13)5-4-6-15-13/h9-11,15H,4-8H2,1-3H3,(H2,14,16,17).